The molecule has 0 radical (unpaired) electrons. The molecule has 0 fully saturated rings. The molecule has 3 N–H and O–H groups in total. The van der Waals surface area contributed by atoms with Gasteiger partial charge in [-0.05, 0) is 44.4 Å². The number of hydrogen-bond donors (Lipinski definition) is 3. The fraction of sp³-hybridized carbons (Fsp3) is 0.682. The van der Waals surface area contributed by atoms with E-state index in [4.69, 9.17) is 0 Å². The number of thiazole rings is 1. The van der Waals surface area contributed by atoms with Gasteiger partial charge in [0.1, 0.15) is 12.1 Å². The third-order valence-electron chi connectivity index (χ3n) is 4.67. The molecule has 0 aliphatic heterocycles. The van der Waals surface area contributed by atoms with Gasteiger partial charge in [0, 0.05) is 11.1 Å². The zero-order chi connectivity index (χ0) is 22.2. The van der Waals surface area contributed by atoms with Crippen LogP contribution in [0.25, 0.3) is 0 Å². The van der Waals surface area contributed by atoms with Gasteiger partial charge < -0.3 is 15.7 Å². The summed E-state index contributed by atoms with van der Waals surface area (Å²) in [5.74, 6) is -0.472. The van der Waals surface area contributed by atoms with Gasteiger partial charge in [-0.3, -0.25) is 9.59 Å². The van der Waals surface area contributed by atoms with Crippen molar-refractivity contribution < 1.29 is 14.7 Å². The van der Waals surface area contributed by atoms with Crippen molar-refractivity contribution in [1.82, 2.24) is 10.3 Å². The molecule has 6 nitrogen and oxygen atoms in total. The van der Waals surface area contributed by atoms with Gasteiger partial charge in [-0.2, -0.15) is 0 Å². The molecule has 1 aromatic rings. The molecular weight excluding hydrogens is 386 g/mol. The maximum atomic E-state index is 12.7. The van der Waals surface area contributed by atoms with Crippen molar-refractivity contribution in [3.63, 3.8) is 0 Å². The quantitative estimate of drug-likeness (QED) is 0.479. The van der Waals surface area contributed by atoms with E-state index in [-0.39, 0.29) is 5.91 Å². The van der Waals surface area contributed by atoms with E-state index in [2.05, 4.69) is 42.5 Å². The van der Waals surface area contributed by atoms with Crippen LogP contribution in [0, 0.1) is 5.41 Å². The third-order valence-corrected chi connectivity index (χ3v) is 5.81. The molecule has 0 aliphatic carbocycles. The summed E-state index contributed by atoms with van der Waals surface area (Å²) < 4.78 is 0. The molecule has 0 saturated carbocycles. The average Bonchev–Trinajstić information content (AvgIpc) is 3.07. The molecule has 0 aliphatic rings. The van der Waals surface area contributed by atoms with Crippen molar-refractivity contribution in [2.24, 2.45) is 5.41 Å². The lowest BCUT2D eigenvalue weighted by Gasteiger charge is -2.26. The highest BCUT2D eigenvalue weighted by Crippen LogP contribution is 2.29. The molecule has 3 unspecified atom stereocenters. The zero-order valence-corrected chi connectivity index (χ0v) is 19.7. The topological polar surface area (TPSA) is 91.3 Å². The van der Waals surface area contributed by atoms with Gasteiger partial charge in [0.15, 0.2) is 5.13 Å². The van der Waals surface area contributed by atoms with E-state index in [1.165, 1.54) is 16.9 Å². The monoisotopic (exact) mass is 423 g/mol. The Bertz CT molecular complexity index is 702. The maximum absolute atomic E-state index is 12.7. The summed E-state index contributed by atoms with van der Waals surface area (Å²) in [6.45, 7) is 13.6. The van der Waals surface area contributed by atoms with Gasteiger partial charge in [-0.25, -0.2) is 4.98 Å². The first-order valence-electron chi connectivity index (χ1n) is 10.3. The van der Waals surface area contributed by atoms with Crippen LogP contribution >= 0.6 is 11.3 Å². The van der Waals surface area contributed by atoms with Gasteiger partial charge in [0.05, 0.1) is 0 Å². The Labute approximate surface area is 179 Å². The molecule has 2 amide bonds. The summed E-state index contributed by atoms with van der Waals surface area (Å²) in [5.41, 5.74) is 0.721. The number of anilines is 1. The second-order valence-electron chi connectivity index (χ2n) is 8.94. The van der Waals surface area contributed by atoms with Crippen LogP contribution in [-0.4, -0.2) is 34.1 Å². The Morgan fingerprint density at radius 3 is 2.45 bits per heavy atom. The highest BCUT2D eigenvalue weighted by atomic mass is 32.1. The summed E-state index contributed by atoms with van der Waals surface area (Å²) >= 11 is 1.47. The Morgan fingerprint density at radius 1 is 1.24 bits per heavy atom. The summed E-state index contributed by atoms with van der Waals surface area (Å²) in [5, 5.41) is 16.2. The highest BCUT2D eigenvalue weighted by molar-refractivity contribution is 7.15. The van der Waals surface area contributed by atoms with Crippen LogP contribution in [-0.2, 0) is 9.59 Å². The number of nitrogens with zero attached hydrogens (tertiary/aromatic N) is 1. The smallest absolute Gasteiger partial charge is 0.250 e. The van der Waals surface area contributed by atoms with Gasteiger partial charge in [-0.1, -0.05) is 52.7 Å². The predicted molar refractivity (Wildman–Crippen MR) is 120 cm³/mol. The van der Waals surface area contributed by atoms with Crippen LogP contribution in [0.3, 0.4) is 0 Å². The van der Waals surface area contributed by atoms with Crippen LogP contribution in [0.4, 0.5) is 5.13 Å². The van der Waals surface area contributed by atoms with E-state index in [0.717, 1.165) is 24.1 Å². The fourth-order valence-electron chi connectivity index (χ4n) is 2.73. The minimum atomic E-state index is -1.18. The van der Waals surface area contributed by atoms with Gasteiger partial charge in [0.25, 0.3) is 0 Å². The van der Waals surface area contributed by atoms with Crippen LogP contribution in [0.5, 0.6) is 0 Å². The molecular formula is C22H37N3O3S. The molecule has 3 atom stereocenters. The first-order chi connectivity index (χ1) is 13.5. The van der Waals surface area contributed by atoms with Crippen LogP contribution < -0.4 is 10.6 Å². The molecule has 0 spiro atoms. The number of aromatic nitrogens is 1. The minimum Gasteiger partial charge on any atom is -0.383 e. The molecule has 7 heteroatoms. The first kappa shape index (κ1) is 25.3. The van der Waals surface area contributed by atoms with E-state index < -0.39 is 23.5 Å². The average molecular weight is 424 g/mol. The standard InChI is InChI=1S/C22H37N3O3S/c1-8-10-16(24-20(28)18(26)22(5,6)7)19(27)25-21-23-13-17(29-21)15(4)12-9-11-14(2)3/h11,13,15-16,18,26H,8-10,12H2,1-7H3,(H,24,28)(H,23,25,27). The maximum Gasteiger partial charge on any atom is 0.250 e. The Kier molecular flexibility index (Phi) is 10.00. The van der Waals surface area contributed by atoms with E-state index >= 15 is 0 Å². The van der Waals surface area contributed by atoms with E-state index in [1.54, 1.807) is 20.8 Å². The predicted octanol–water partition coefficient (Wildman–Crippen LogP) is 4.62. The normalized spacial score (nSPS) is 14.6. The Balaban J connectivity index is 2.72. The van der Waals surface area contributed by atoms with Gasteiger partial charge in [0.2, 0.25) is 11.8 Å². The zero-order valence-electron chi connectivity index (χ0n) is 18.8. The first-order valence-corrected chi connectivity index (χ1v) is 11.2. The summed E-state index contributed by atoms with van der Waals surface area (Å²) in [6.07, 6.45) is 6.13. The minimum absolute atomic E-state index is 0.306. The van der Waals surface area contributed by atoms with E-state index in [1.807, 2.05) is 13.1 Å². The number of aliphatic hydroxyl groups excluding tert-OH is 1. The molecule has 0 bridgehead atoms. The summed E-state index contributed by atoms with van der Waals surface area (Å²) in [6, 6.07) is -0.702. The van der Waals surface area contributed by atoms with E-state index in [9.17, 15) is 14.7 Å². The number of nitrogens with one attached hydrogen (secondary N) is 2. The molecule has 1 aromatic heterocycles. The second-order valence-corrected chi connectivity index (χ2v) is 10.00. The lowest BCUT2D eigenvalue weighted by Crippen LogP contribution is -2.50. The molecule has 29 heavy (non-hydrogen) atoms. The lowest BCUT2D eigenvalue weighted by molar-refractivity contribution is -0.137. The van der Waals surface area contributed by atoms with Crippen LogP contribution in [0.15, 0.2) is 17.8 Å². The lowest BCUT2D eigenvalue weighted by atomic mass is 9.88. The van der Waals surface area contributed by atoms with Crippen molar-refractivity contribution >= 4 is 28.3 Å². The van der Waals surface area contributed by atoms with Crippen molar-refractivity contribution in [2.45, 2.75) is 92.2 Å². The second kappa shape index (κ2) is 11.5. The number of carbonyl (C=O) groups excluding carboxylic acids is 2. The number of aliphatic hydroxyl groups is 1. The van der Waals surface area contributed by atoms with Crippen molar-refractivity contribution in [1.29, 1.82) is 0 Å². The highest BCUT2D eigenvalue weighted by Gasteiger charge is 2.32. The number of hydrogen-bond acceptors (Lipinski definition) is 5. The summed E-state index contributed by atoms with van der Waals surface area (Å²) in [4.78, 5) is 30.5. The van der Waals surface area contributed by atoms with Crippen LogP contribution in [0.1, 0.15) is 84.9 Å². The van der Waals surface area contributed by atoms with Gasteiger partial charge >= 0.3 is 0 Å². The summed E-state index contributed by atoms with van der Waals surface area (Å²) in [7, 11) is 0. The molecule has 0 aromatic carbocycles. The SMILES string of the molecule is CCCC(NC(=O)C(O)C(C)(C)C)C(=O)Nc1ncc(C(C)CCC=C(C)C)s1. The number of rotatable bonds is 10. The van der Waals surface area contributed by atoms with Gasteiger partial charge in [-0.15, -0.1) is 11.3 Å². The number of amides is 2. The Morgan fingerprint density at radius 2 is 1.90 bits per heavy atom. The van der Waals surface area contributed by atoms with E-state index in [0.29, 0.717) is 17.5 Å². The number of allylic oxidation sites excluding steroid dienone is 2. The number of carbonyl (C=O) groups is 2. The van der Waals surface area contributed by atoms with Crippen molar-refractivity contribution in [2.75, 3.05) is 5.32 Å². The molecule has 164 valence electrons. The van der Waals surface area contributed by atoms with Crippen LogP contribution in [0.2, 0.25) is 0 Å². The Hall–Kier alpha value is -1.73. The fourth-order valence-corrected chi connectivity index (χ4v) is 3.64. The largest absolute Gasteiger partial charge is 0.383 e. The van der Waals surface area contributed by atoms with Crippen molar-refractivity contribution in [3.8, 4) is 0 Å². The molecule has 0 saturated heterocycles. The third kappa shape index (κ3) is 8.66. The molecule has 1 rings (SSSR count). The molecule has 1 heterocycles. The van der Waals surface area contributed by atoms with Crippen molar-refractivity contribution in [3.05, 3.63) is 22.7 Å².